The third-order valence-electron chi connectivity index (χ3n) is 3.08. The Bertz CT molecular complexity index is 282. The Hall–Kier alpha value is -0.490. The predicted octanol–water partition coefficient (Wildman–Crippen LogP) is 3.52. The van der Waals surface area contributed by atoms with Crippen LogP contribution in [0.1, 0.15) is 30.9 Å². The average Bonchev–Trinajstić information content (AvgIpc) is 2.99. The Kier molecular flexibility index (Phi) is 2.33. The minimum Gasteiger partial charge on any atom is -0.126 e. The van der Waals surface area contributed by atoms with E-state index in [9.17, 15) is 0 Å². The Morgan fingerprint density at radius 1 is 1.23 bits per heavy atom. The van der Waals surface area contributed by atoms with Crippen molar-refractivity contribution in [2.75, 3.05) is 5.88 Å². The van der Waals surface area contributed by atoms with Gasteiger partial charge in [0.05, 0.1) is 0 Å². The fraction of sp³-hybridized carbons (Fsp3) is 0.500. The van der Waals surface area contributed by atoms with Crippen molar-refractivity contribution >= 4 is 11.6 Å². The summed E-state index contributed by atoms with van der Waals surface area (Å²) in [6.45, 7) is 2.18. The molecule has 1 aromatic carbocycles. The first-order valence-electron chi connectivity index (χ1n) is 4.96. The average molecular weight is 195 g/mol. The van der Waals surface area contributed by atoms with E-state index in [0.717, 1.165) is 12.3 Å². The van der Waals surface area contributed by atoms with Crippen molar-refractivity contribution in [3.63, 3.8) is 0 Å². The minimum absolute atomic E-state index is 0.341. The molecule has 1 fully saturated rings. The Labute approximate surface area is 84.9 Å². The SMILES string of the molecule is CCc1ccc(C2(CCl)CC2)cc1. The van der Waals surface area contributed by atoms with Gasteiger partial charge in [-0.3, -0.25) is 0 Å². The van der Waals surface area contributed by atoms with Crippen molar-refractivity contribution in [3.8, 4) is 0 Å². The molecule has 0 radical (unpaired) electrons. The van der Waals surface area contributed by atoms with Gasteiger partial charge in [0.25, 0.3) is 0 Å². The van der Waals surface area contributed by atoms with Crippen LogP contribution < -0.4 is 0 Å². The van der Waals surface area contributed by atoms with Gasteiger partial charge in [-0.2, -0.15) is 0 Å². The first-order chi connectivity index (χ1) is 6.30. The van der Waals surface area contributed by atoms with Gasteiger partial charge in [0.15, 0.2) is 0 Å². The molecule has 0 bridgehead atoms. The van der Waals surface area contributed by atoms with E-state index in [0.29, 0.717) is 5.41 Å². The fourth-order valence-corrected chi connectivity index (χ4v) is 2.17. The molecular formula is C12H15Cl. The maximum Gasteiger partial charge on any atom is 0.0320 e. The molecule has 0 unspecified atom stereocenters. The van der Waals surface area contributed by atoms with Crippen LogP contribution in [-0.4, -0.2) is 5.88 Å². The Balaban J connectivity index is 2.23. The summed E-state index contributed by atoms with van der Waals surface area (Å²) in [6, 6.07) is 8.94. The first kappa shape index (κ1) is 9.08. The molecule has 1 aromatic rings. The number of benzene rings is 1. The lowest BCUT2D eigenvalue weighted by atomic mass is 9.97. The van der Waals surface area contributed by atoms with Gasteiger partial charge in [-0.25, -0.2) is 0 Å². The summed E-state index contributed by atoms with van der Waals surface area (Å²) in [4.78, 5) is 0. The third-order valence-corrected chi connectivity index (χ3v) is 3.60. The molecule has 13 heavy (non-hydrogen) atoms. The van der Waals surface area contributed by atoms with Crippen LogP contribution in [0.25, 0.3) is 0 Å². The quantitative estimate of drug-likeness (QED) is 0.646. The number of rotatable bonds is 3. The first-order valence-corrected chi connectivity index (χ1v) is 5.49. The second-order valence-corrected chi connectivity index (χ2v) is 4.23. The third kappa shape index (κ3) is 1.60. The number of alkyl halides is 1. The van der Waals surface area contributed by atoms with Crippen molar-refractivity contribution in [2.24, 2.45) is 0 Å². The molecule has 2 rings (SSSR count). The van der Waals surface area contributed by atoms with E-state index in [1.54, 1.807) is 0 Å². The summed E-state index contributed by atoms with van der Waals surface area (Å²) in [5.41, 5.74) is 3.18. The summed E-state index contributed by atoms with van der Waals surface area (Å²) >= 11 is 5.96. The van der Waals surface area contributed by atoms with Crippen LogP contribution in [0.2, 0.25) is 0 Å². The number of halogens is 1. The second kappa shape index (κ2) is 3.34. The summed E-state index contributed by atoms with van der Waals surface area (Å²) in [6.07, 6.45) is 3.65. The van der Waals surface area contributed by atoms with Crippen molar-refractivity contribution in [1.29, 1.82) is 0 Å². The molecule has 1 heteroatoms. The van der Waals surface area contributed by atoms with Gasteiger partial charge >= 0.3 is 0 Å². The molecule has 0 amide bonds. The zero-order chi connectivity index (χ0) is 9.31. The predicted molar refractivity (Wildman–Crippen MR) is 57.5 cm³/mol. The lowest BCUT2D eigenvalue weighted by Gasteiger charge is -2.11. The van der Waals surface area contributed by atoms with E-state index in [2.05, 4.69) is 31.2 Å². The highest BCUT2D eigenvalue weighted by molar-refractivity contribution is 6.19. The fourth-order valence-electron chi connectivity index (χ4n) is 1.74. The van der Waals surface area contributed by atoms with Crippen molar-refractivity contribution in [1.82, 2.24) is 0 Å². The van der Waals surface area contributed by atoms with E-state index in [1.807, 2.05) is 0 Å². The highest BCUT2D eigenvalue weighted by atomic mass is 35.5. The maximum absolute atomic E-state index is 5.96. The summed E-state index contributed by atoms with van der Waals surface area (Å²) < 4.78 is 0. The van der Waals surface area contributed by atoms with Gasteiger partial charge in [0.1, 0.15) is 0 Å². The van der Waals surface area contributed by atoms with Gasteiger partial charge in [-0.1, -0.05) is 31.2 Å². The van der Waals surface area contributed by atoms with Crippen molar-refractivity contribution in [3.05, 3.63) is 35.4 Å². The van der Waals surface area contributed by atoms with Gasteiger partial charge in [0, 0.05) is 11.3 Å². The van der Waals surface area contributed by atoms with Crippen molar-refractivity contribution in [2.45, 2.75) is 31.6 Å². The van der Waals surface area contributed by atoms with Crippen LogP contribution in [-0.2, 0) is 11.8 Å². The van der Waals surface area contributed by atoms with Gasteiger partial charge < -0.3 is 0 Å². The number of hydrogen-bond donors (Lipinski definition) is 0. The highest BCUT2D eigenvalue weighted by Gasteiger charge is 2.43. The smallest absolute Gasteiger partial charge is 0.0320 e. The van der Waals surface area contributed by atoms with E-state index in [1.165, 1.54) is 24.0 Å². The monoisotopic (exact) mass is 194 g/mol. The molecule has 0 nitrogen and oxygen atoms in total. The molecule has 70 valence electrons. The van der Waals surface area contributed by atoms with Crippen LogP contribution in [0, 0.1) is 0 Å². The minimum atomic E-state index is 0.341. The molecule has 0 atom stereocenters. The number of aryl methyl sites for hydroxylation is 1. The molecule has 1 aliphatic carbocycles. The summed E-state index contributed by atoms with van der Waals surface area (Å²) in [5.74, 6) is 0.776. The largest absolute Gasteiger partial charge is 0.126 e. The molecule has 0 saturated heterocycles. The van der Waals surface area contributed by atoms with E-state index in [-0.39, 0.29) is 0 Å². The molecule has 0 heterocycles. The Morgan fingerprint density at radius 3 is 2.23 bits per heavy atom. The van der Waals surface area contributed by atoms with Crippen molar-refractivity contribution < 1.29 is 0 Å². The Morgan fingerprint density at radius 2 is 1.85 bits per heavy atom. The van der Waals surface area contributed by atoms with Crippen LogP contribution in [0.5, 0.6) is 0 Å². The summed E-state index contributed by atoms with van der Waals surface area (Å²) in [7, 11) is 0. The lowest BCUT2D eigenvalue weighted by molar-refractivity contribution is 0.796. The van der Waals surface area contributed by atoms with E-state index < -0.39 is 0 Å². The standard InChI is InChI=1S/C12H15Cl/c1-2-10-3-5-11(6-4-10)12(9-13)7-8-12/h3-6H,2,7-9H2,1H3. The molecule has 0 N–H and O–H groups in total. The van der Waals surface area contributed by atoms with Gasteiger partial charge in [-0.15, -0.1) is 11.6 Å². The molecule has 1 aliphatic rings. The normalized spacial score (nSPS) is 18.6. The molecule has 1 saturated carbocycles. The topological polar surface area (TPSA) is 0 Å². The van der Waals surface area contributed by atoms with Gasteiger partial charge in [0.2, 0.25) is 0 Å². The lowest BCUT2D eigenvalue weighted by Crippen LogP contribution is -2.07. The molecule has 0 spiro atoms. The van der Waals surface area contributed by atoms with E-state index in [4.69, 9.17) is 11.6 Å². The van der Waals surface area contributed by atoms with Crippen LogP contribution >= 0.6 is 11.6 Å². The number of hydrogen-bond acceptors (Lipinski definition) is 0. The molecule has 0 aliphatic heterocycles. The van der Waals surface area contributed by atoms with E-state index >= 15 is 0 Å². The molecule has 0 aromatic heterocycles. The van der Waals surface area contributed by atoms with Gasteiger partial charge in [-0.05, 0) is 30.4 Å². The zero-order valence-corrected chi connectivity index (χ0v) is 8.77. The molecular weight excluding hydrogens is 180 g/mol. The van der Waals surface area contributed by atoms with Crippen LogP contribution in [0.4, 0.5) is 0 Å². The zero-order valence-electron chi connectivity index (χ0n) is 8.02. The van der Waals surface area contributed by atoms with Crippen LogP contribution in [0.15, 0.2) is 24.3 Å². The summed E-state index contributed by atoms with van der Waals surface area (Å²) in [5, 5.41) is 0. The van der Waals surface area contributed by atoms with Crippen LogP contribution in [0.3, 0.4) is 0 Å². The second-order valence-electron chi connectivity index (χ2n) is 3.96. The highest BCUT2D eigenvalue weighted by Crippen LogP contribution is 2.48. The maximum atomic E-state index is 5.96.